The Kier molecular flexibility index (Phi) is 4.43. The zero-order chi connectivity index (χ0) is 18.3. The van der Waals surface area contributed by atoms with E-state index >= 15 is 0 Å². The average Bonchev–Trinajstić information content (AvgIpc) is 3.39. The van der Waals surface area contributed by atoms with E-state index in [-0.39, 0.29) is 12.6 Å². The van der Waals surface area contributed by atoms with Crippen molar-refractivity contribution in [2.45, 2.75) is 23.3 Å². The van der Waals surface area contributed by atoms with E-state index < -0.39 is 10.0 Å². The molecule has 1 atom stereocenters. The van der Waals surface area contributed by atoms with Gasteiger partial charge in [-0.15, -0.1) is 21.5 Å². The molecule has 0 radical (unpaired) electrons. The van der Waals surface area contributed by atoms with Crippen LogP contribution in [0.2, 0.25) is 0 Å². The Bertz CT molecular complexity index is 1030. The lowest BCUT2D eigenvalue weighted by molar-refractivity contribution is 0.280. The minimum Gasteiger partial charge on any atom is -0.389 e. The van der Waals surface area contributed by atoms with Gasteiger partial charge in [0.15, 0.2) is 0 Å². The van der Waals surface area contributed by atoms with E-state index in [0.29, 0.717) is 21.3 Å². The van der Waals surface area contributed by atoms with Gasteiger partial charge in [0, 0.05) is 13.5 Å². The molecule has 0 bridgehead atoms. The molecule has 0 aliphatic carbocycles. The number of para-hydroxylation sites is 1. The molecule has 26 heavy (non-hydrogen) atoms. The number of thiophene rings is 1. The minimum atomic E-state index is -3.60. The maximum absolute atomic E-state index is 12.8. The van der Waals surface area contributed by atoms with Gasteiger partial charge in [0.2, 0.25) is 0 Å². The molecule has 3 heterocycles. The van der Waals surface area contributed by atoms with Crippen LogP contribution in [0.1, 0.15) is 21.6 Å². The number of aliphatic hydroxyl groups is 1. The van der Waals surface area contributed by atoms with Gasteiger partial charge in [-0.2, -0.15) is 0 Å². The fraction of sp³-hybridized carbons (Fsp3) is 0.250. The highest BCUT2D eigenvalue weighted by molar-refractivity contribution is 7.94. The number of aromatic nitrogens is 2. The summed E-state index contributed by atoms with van der Waals surface area (Å²) in [6.07, 6.45) is 0.691. The third-order valence-electron chi connectivity index (χ3n) is 4.24. The van der Waals surface area contributed by atoms with Crippen molar-refractivity contribution in [1.82, 2.24) is 10.2 Å². The molecular formula is C16H16N4O3S3. The lowest BCUT2D eigenvalue weighted by Gasteiger charge is -2.21. The van der Waals surface area contributed by atoms with Crippen molar-refractivity contribution in [3.05, 3.63) is 51.3 Å². The molecule has 3 aromatic rings. The molecule has 0 saturated heterocycles. The van der Waals surface area contributed by atoms with Crippen molar-refractivity contribution in [1.29, 1.82) is 0 Å². The lowest BCUT2D eigenvalue weighted by Crippen LogP contribution is -2.26. The third kappa shape index (κ3) is 2.88. The zero-order valence-corrected chi connectivity index (χ0v) is 16.2. The minimum absolute atomic E-state index is 0.0817. The number of fused-ring (bicyclic) bond motifs is 1. The first-order chi connectivity index (χ1) is 12.5. The van der Waals surface area contributed by atoms with E-state index in [0.717, 1.165) is 16.3 Å². The first-order valence-electron chi connectivity index (χ1n) is 7.84. The van der Waals surface area contributed by atoms with Gasteiger partial charge < -0.3 is 10.4 Å². The van der Waals surface area contributed by atoms with Crippen molar-refractivity contribution >= 4 is 44.1 Å². The van der Waals surface area contributed by atoms with Gasteiger partial charge in [-0.1, -0.05) is 29.5 Å². The normalized spacial score (nSPS) is 16.3. The van der Waals surface area contributed by atoms with Gasteiger partial charge >= 0.3 is 0 Å². The standard InChI is InChI=1S/C16H16N4O3S3/c1-20(26(22,23)14-6-3-7-24-14)12-5-2-4-10-8-11(17-15(10)12)16-19-18-13(9-21)25-16/h2-7,11,17,21H,8-9H2,1H3. The number of rotatable bonds is 5. The first kappa shape index (κ1) is 17.4. The Morgan fingerprint density at radius 1 is 1.31 bits per heavy atom. The Labute approximate surface area is 159 Å². The van der Waals surface area contributed by atoms with Gasteiger partial charge in [0.05, 0.1) is 24.0 Å². The molecular weight excluding hydrogens is 392 g/mol. The molecule has 0 spiro atoms. The van der Waals surface area contributed by atoms with Gasteiger partial charge in [0.1, 0.15) is 14.2 Å². The molecule has 2 aromatic heterocycles. The number of hydrogen-bond donors (Lipinski definition) is 2. The van der Waals surface area contributed by atoms with Gasteiger partial charge in [-0.25, -0.2) is 8.42 Å². The van der Waals surface area contributed by atoms with Crippen LogP contribution < -0.4 is 9.62 Å². The fourth-order valence-corrected chi connectivity index (χ4v) is 6.05. The number of benzene rings is 1. The molecule has 1 unspecified atom stereocenters. The van der Waals surface area contributed by atoms with Crippen molar-refractivity contribution in [2.24, 2.45) is 0 Å². The molecule has 1 aliphatic rings. The second kappa shape index (κ2) is 6.62. The first-order valence-corrected chi connectivity index (χ1v) is 11.0. The molecule has 2 N–H and O–H groups in total. The summed E-state index contributed by atoms with van der Waals surface area (Å²) in [5.74, 6) is 0. The molecule has 4 rings (SSSR count). The number of anilines is 2. The Hall–Kier alpha value is -2.01. The van der Waals surface area contributed by atoms with E-state index in [1.165, 1.54) is 27.0 Å². The van der Waals surface area contributed by atoms with Crippen molar-refractivity contribution in [2.75, 3.05) is 16.7 Å². The molecule has 0 fully saturated rings. The summed E-state index contributed by atoms with van der Waals surface area (Å²) < 4.78 is 27.3. The molecule has 0 amide bonds. The SMILES string of the molecule is CN(c1cccc2c1NC(c1nnc(CO)s1)C2)S(=O)(=O)c1cccs1. The highest BCUT2D eigenvalue weighted by atomic mass is 32.2. The Morgan fingerprint density at radius 3 is 2.85 bits per heavy atom. The van der Waals surface area contributed by atoms with Crippen molar-refractivity contribution in [3.63, 3.8) is 0 Å². The van der Waals surface area contributed by atoms with Crippen LogP contribution in [0.15, 0.2) is 39.9 Å². The van der Waals surface area contributed by atoms with Gasteiger partial charge in [0.25, 0.3) is 10.0 Å². The monoisotopic (exact) mass is 408 g/mol. The number of sulfonamides is 1. The van der Waals surface area contributed by atoms with E-state index in [1.54, 1.807) is 30.6 Å². The van der Waals surface area contributed by atoms with Crippen LogP contribution >= 0.6 is 22.7 Å². The second-order valence-corrected chi connectivity index (χ2v) is 10.0. The Balaban J connectivity index is 1.67. The van der Waals surface area contributed by atoms with Crippen LogP contribution in [0.4, 0.5) is 11.4 Å². The van der Waals surface area contributed by atoms with E-state index in [2.05, 4.69) is 15.5 Å². The molecule has 7 nitrogen and oxygen atoms in total. The number of nitrogens with zero attached hydrogens (tertiary/aromatic N) is 3. The fourth-order valence-electron chi connectivity index (χ4n) is 2.93. The van der Waals surface area contributed by atoms with Crippen LogP contribution in [0.3, 0.4) is 0 Å². The molecule has 1 aliphatic heterocycles. The quantitative estimate of drug-likeness (QED) is 0.674. The van der Waals surface area contributed by atoms with E-state index in [1.807, 2.05) is 12.1 Å². The molecule has 10 heteroatoms. The largest absolute Gasteiger partial charge is 0.389 e. The number of aliphatic hydroxyl groups excluding tert-OH is 1. The summed E-state index contributed by atoms with van der Waals surface area (Å²) in [5.41, 5.74) is 2.42. The molecule has 0 saturated carbocycles. The van der Waals surface area contributed by atoms with Crippen molar-refractivity contribution < 1.29 is 13.5 Å². The third-order valence-corrected chi connectivity index (χ3v) is 8.40. The second-order valence-electron chi connectivity index (χ2n) is 5.81. The summed E-state index contributed by atoms with van der Waals surface area (Å²) >= 11 is 2.55. The zero-order valence-electron chi connectivity index (χ0n) is 13.8. The summed E-state index contributed by atoms with van der Waals surface area (Å²) in [6.45, 7) is -0.135. The maximum Gasteiger partial charge on any atom is 0.273 e. The Morgan fingerprint density at radius 2 is 2.15 bits per heavy atom. The van der Waals surface area contributed by atoms with Crippen LogP contribution in [0.5, 0.6) is 0 Å². The topological polar surface area (TPSA) is 95.4 Å². The van der Waals surface area contributed by atoms with Crippen LogP contribution in [0.25, 0.3) is 0 Å². The van der Waals surface area contributed by atoms with E-state index in [4.69, 9.17) is 0 Å². The van der Waals surface area contributed by atoms with Crippen molar-refractivity contribution in [3.8, 4) is 0 Å². The summed E-state index contributed by atoms with van der Waals surface area (Å²) in [4.78, 5) is 0. The van der Waals surface area contributed by atoms with E-state index in [9.17, 15) is 13.5 Å². The lowest BCUT2D eigenvalue weighted by atomic mass is 10.1. The predicted molar refractivity (Wildman–Crippen MR) is 102 cm³/mol. The highest BCUT2D eigenvalue weighted by Crippen LogP contribution is 2.42. The number of hydrogen-bond acceptors (Lipinski definition) is 8. The average molecular weight is 409 g/mol. The summed E-state index contributed by atoms with van der Waals surface area (Å²) in [6, 6.07) is 8.88. The summed E-state index contributed by atoms with van der Waals surface area (Å²) in [7, 11) is -2.03. The highest BCUT2D eigenvalue weighted by Gasteiger charge is 2.31. The number of nitrogens with one attached hydrogen (secondary N) is 1. The predicted octanol–water partition coefficient (Wildman–Crippen LogP) is 2.63. The van der Waals surface area contributed by atoms with Crippen LogP contribution in [-0.4, -0.2) is 30.8 Å². The molecule has 1 aromatic carbocycles. The van der Waals surface area contributed by atoms with Crippen LogP contribution in [-0.2, 0) is 23.1 Å². The van der Waals surface area contributed by atoms with Gasteiger partial charge in [-0.3, -0.25) is 4.31 Å². The molecule has 136 valence electrons. The smallest absolute Gasteiger partial charge is 0.273 e. The maximum atomic E-state index is 12.8. The van der Waals surface area contributed by atoms with Crippen LogP contribution in [0, 0.1) is 0 Å². The van der Waals surface area contributed by atoms with Gasteiger partial charge in [-0.05, 0) is 23.1 Å². The summed E-state index contributed by atoms with van der Waals surface area (Å²) in [5, 5.41) is 23.7.